The monoisotopic (exact) mass is 1060 g/mol. The van der Waals surface area contributed by atoms with E-state index in [0.29, 0.717) is 6.61 Å². The smallest absolute Gasteiger partial charge is 0.462 e. The zero-order chi connectivity index (χ0) is 55.6. The minimum Gasteiger partial charge on any atom is -0.462 e. The Hall–Kier alpha value is -5.52. The molecule has 18 atom stereocenters. The van der Waals surface area contributed by atoms with Crippen LogP contribution in [0, 0.1) is 0 Å². The first-order chi connectivity index (χ1) is 33.6. The number of aliphatic hydroxyl groups excluding tert-OH is 12. The third kappa shape index (κ3) is 24.3. The van der Waals surface area contributed by atoms with Crippen molar-refractivity contribution in [1.29, 1.82) is 0 Å². The zero-order valence-electron chi connectivity index (χ0n) is 40.4. The van der Waals surface area contributed by atoms with Crippen LogP contribution in [0.5, 0.6) is 0 Å². The van der Waals surface area contributed by atoms with Gasteiger partial charge >= 0.3 is 36.9 Å². The van der Waals surface area contributed by atoms with Gasteiger partial charge in [0.15, 0.2) is 36.6 Å². The topological polar surface area (TPSA) is 474 Å². The predicted octanol–water partition coefficient (Wildman–Crippen LogP) is -3.67. The van der Waals surface area contributed by atoms with Gasteiger partial charge in [-0.25, -0.2) is 28.8 Å². The van der Waals surface area contributed by atoms with E-state index >= 15 is 0 Å². The SMILES string of the molecule is C=C1OCC(C2OC(=O)OC2C)O1.CC(O)C(O)C(O)C(C)O.CC(O)C(O)C(O)CO.CC1OC(=O)OC1C1OC(=O)OC1C.COC(=O)OC.O=C1OCC(C2COC(=O)O2)O1.OCC(O)C(O)CO. The van der Waals surface area contributed by atoms with Crippen molar-refractivity contribution in [3.63, 3.8) is 0 Å². The number of hydrogen-bond donors (Lipinski definition) is 12. The van der Waals surface area contributed by atoms with E-state index in [4.69, 9.17) is 99.2 Å². The number of rotatable bonds is 12. The van der Waals surface area contributed by atoms with Crippen molar-refractivity contribution in [1.82, 2.24) is 0 Å². The summed E-state index contributed by atoms with van der Waals surface area (Å²) in [5, 5.41) is 103. The summed E-state index contributed by atoms with van der Waals surface area (Å²) in [6.07, 6.45) is -18.9. The summed E-state index contributed by atoms with van der Waals surface area (Å²) in [5.74, 6) is 0.264. The highest BCUT2D eigenvalue weighted by atomic mass is 16.8. The molecule has 6 saturated heterocycles. The van der Waals surface area contributed by atoms with Crippen molar-refractivity contribution in [2.45, 2.75) is 151 Å². The molecule has 0 amide bonds. The van der Waals surface area contributed by atoms with E-state index in [1.165, 1.54) is 35.0 Å². The van der Waals surface area contributed by atoms with E-state index in [1.807, 2.05) is 0 Å². The maximum Gasteiger partial charge on any atom is 0.509 e. The Morgan fingerprint density at radius 1 is 0.472 bits per heavy atom. The van der Waals surface area contributed by atoms with E-state index < -0.39 is 154 Å². The zero-order valence-corrected chi connectivity index (χ0v) is 40.4. The van der Waals surface area contributed by atoms with Gasteiger partial charge in [0.1, 0.15) is 74.8 Å². The fourth-order valence-electron chi connectivity index (χ4n) is 5.36. The summed E-state index contributed by atoms with van der Waals surface area (Å²) in [7, 11) is 2.51. The van der Waals surface area contributed by atoms with Crippen LogP contribution in [0.25, 0.3) is 0 Å². The van der Waals surface area contributed by atoms with E-state index in [9.17, 15) is 28.8 Å². The van der Waals surface area contributed by atoms with Crippen LogP contribution in [0.4, 0.5) is 28.8 Å². The molecule has 32 nitrogen and oxygen atoms in total. The molecule has 0 saturated carbocycles. The summed E-state index contributed by atoms with van der Waals surface area (Å²) in [6, 6.07) is 0. The predicted molar refractivity (Wildman–Crippen MR) is 227 cm³/mol. The summed E-state index contributed by atoms with van der Waals surface area (Å²) < 4.78 is 65.6. The first-order valence-corrected chi connectivity index (χ1v) is 21.4. The Bertz CT molecular complexity index is 1550. The Morgan fingerprint density at radius 3 is 0.986 bits per heavy atom. The lowest BCUT2D eigenvalue weighted by Crippen LogP contribution is -2.41. The third-order valence-electron chi connectivity index (χ3n) is 9.52. The van der Waals surface area contributed by atoms with Crippen LogP contribution in [0.15, 0.2) is 12.5 Å². The van der Waals surface area contributed by atoms with Crippen molar-refractivity contribution in [3.05, 3.63) is 12.5 Å². The molecule has 0 bridgehead atoms. The first-order valence-electron chi connectivity index (χ1n) is 21.4. The fraction of sp³-hybridized carbons (Fsp3) is 0.800. The van der Waals surface area contributed by atoms with Crippen LogP contribution < -0.4 is 0 Å². The number of methoxy groups -OCH3 is 2. The summed E-state index contributed by atoms with van der Waals surface area (Å²) in [5.41, 5.74) is 0. The maximum atomic E-state index is 10.8. The van der Waals surface area contributed by atoms with Crippen LogP contribution in [-0.4, -0.2) is 262 Å². The molecule has 0 aromatic heterocycles. The van der Waals surface area contributed by atoms with Gasteiger partial charge in [-0.15, -0.1) is 0 Å². The molecule has 6 aliphatic heterocycles. The molecule has 0 aliphatic carbocycles. The Balaban J connectivity index is 0.000000831. The summed E-state index contributed by atoms with van der Waals surface area (Å²) in [6.45, 7) is 11.6. The number of cyclic esters (lactones) is 10. The van der Waals surface area contributed by atoms with Crippen LogP contribution in [-0.2, 0) is 66.3 Å². The number of carbonyl (C=O) groups is 6. The van der Waals surface area contributed by atoms with E-state index in [1.54, 1.807) is 20.8 Å². The minimum absolute atomic E-state index is 0.111. The first kappa shape index (κ1) is 66.5. The second kappa shape index (κ2) is 34.0. The lowest BCUT2D eigenvalue weighted by atomic mass is 10.1. The van der Waals surface area contributed by atoms with Crippen LogP contribution in [0.2, 0.25) is 0 Å². The molecule has 32 heteroatoms. The molecule has 6 heterocycles. The van der Waals surface area contributed by atoms with Gasteiger partial charge in [-0.3, -0.25) is 0 Å². The van der Waals surface area contributed by atoms with Crippen LogP contribution in [0.1, 0.15) is 41.5 Å². The molecule has 72 heavy (non-hydrogen) atoms. The average Bonchev–Trinajstić information content (AvgIpc) is 4.23. The molecule has 6 rings (SSSR count). The van der Waals surface area contributed by atoms with E-state index in [-0.39, 0.29) is 31.4 Å². The maximum absolute atomic E-state index is 10.8. The average molecular weight is 1060 g/mol. The van der Waals surface area contributed by atoms with Crippen LogP contribution >= 0.6 is 0 Å². The molecule has 6 fully saturated rings. The van der Waals surface area contributed by atoms with Crippen molar-refractivity contribution >= 4 is 36.9 Å². The van der Waals surface area contributed by atoms with Crippen molar-refractivity contribution in [2.75, 3.05) is 53.9 Å². The molecule has 18 unspecified atom stereocenters. The number of carbonyl (C=O) groups excluding carboxylic acids is 6. The fourth-order valence-corrected chi connectivity index (χ4v) is 5.36. The lowest BCUT2D eigenvalue weighted by Gasteiger charge is -2.21. The second-order valence-electron chi connectivity index (χ2n) is 15.3. The molecular formula is C40H68O32. The number of hydrogen-bond acceptors (Lipinski definition) is 32. The van der Waals surface area contributed by atoms with Gasteiger partial charge in [-0.2, -0.15) is 0 Å². The van der Waals surface area contributed by atoms with Gasteiger partial charge in [0.05, 0.1) is 52.4 Å². The molecular weight excluding hydrogens is 992 g/mol. The lowest BCUT2D eigenvalue weighted by molar-refractivity contribution is -0.0947. The van der Waals surface area contributed by atoms with Gasteiger partial charge in [-0.1, -0.05) is 0 Å². The molecule has 0 radical (unpaired) electrons. The summed E-state index contributed by atoms with van der Waals surface area (Å²) in [4.78, 5) is 63.0. The standard InChI is InChI=1S/C8H10O6.C8H10O5.C6H6O6.C6H14O4.C5H12O4.C4H10O4.C3H6O3/c1-3-5(13-7(9)11-3)6-4(2)12-8(10)14-6;1-4-7(13-8(9)11-4)6-3-10-5(2)12-6;7-5-9-1-3(11-5)4-2-10-6(8)12-4;1-3(7)5(9)6(10)4(2)8;1-3(7)5(9)4(8)2-6;5-1-3(7)4(8)2-6;1-5-3(4)6-2/h3-6H,1-2H3;4,6-7H,2-3H2,1H3;3-4H,1-2H2;3-10H,1-2H3;3-9H,2H2,1H3;3-8H,1-2H2;1-2H3. The second-order valence-corrected chi connectivity index (χ2v) is 15.3. The number of ether oxygens (including phenoxy) is 14. The molecule has 420 valence electrons. The van der Waals surface area contributed by atoms with Gasteiger partial charge < -0.3 is 128 Å². The highest BCUT2D eigenvalue weighted by Crippen LogP contribution is 2.28. The molecule has 6 aliphatic rings. The van der Waals surface area contributed by atoms with Gasteiger partial charge in [0.2, 0.25) is 0 Å². The largest absolute Gasteiger partial charge is 0.509 e. The van der Waals surface area contributed by atoms with Crippen molar-refractivity contribution in [2.24, 2.45) is 0 Å². The highest BCUT2D eigenvalue weighted by Gasteiger charge is 2.49. The molecule has 12 N–H and O–H groups in total. The van der Waals surface area contributed by atoms with E-state index in [0.717, 1.165) is 0 Å². The van der Waals surface area contributed by atoms with Gasteiger partial charge in [0.25, 0.3) is 5.95 Å². The van der Waals surface area contributed by atoms with E-state index in [2.05, 4.69) is 35.0 Å². The summed E-state index contributed by atoms with van der Waals surface area (Å²) >= 11 is 0. The highest BCUT2D eigenvalue weighted by molar-refractivity contribution is 5.65. The molecule has 0 aromatic rings. The Labute approximate surface area is 410 Å². The van der Waals surface area contributed by atoms with Crippen molar-refractivity contribution < 1.29 is 156 Å². The molecule has 0 aromatic carbocycles. The molecule has 0 spiro atoms. The Kier molecular flexibility index (Phi) is 31.4. The van der Waals surface area contributed by atoms with Gasteiger partial charge in [0, 0.05) is 0 Å². The van der Waals surface area contributed by atoms with Crippen LogP contribution in [0.3, 0.4) is 0 Å². The third-order valence-corrected chi connectivity index (χ3v) is 9.52. The minimum atomic E-state index is -1.28. The normalized spacial score (nSPS) is 28.9. The Morgan fingerprint density at radius 2 is 0.792 bits per heavy atom. The quantitative estimate of drug-likeness (QED) is 0.0662. The van der Waals surface area contributed by atoms with Gasteiger partial charge in [-0.05, 0) is 48.1 Å². The van der Waals surface area contributed by atoms with Crippen molar-refractivity contribution in [3.8, 4) is 0 Å². The number of aliphatic hydroxyl groups is 12.